The molecule has 1 aromatic heterocycles. The van der Waals surface area contributed by atoms with Gasteiger partial charge in [-0.1, -0.05) is 32.5 Å². The number of fused-ring (bicyclic) bond motifs is 1. The first-order valence-corrected chi connectivity index (χ1v) is 8.43. The molecule has 0 fully saturated rings. The predicted octanol–water partition coefficient (Wildman–Crippen LogP) is 3.06. The molecule has 0 spiro atoms. The average Bonchev–Trinajstić information content (AvgIpc) is 2.66. The Kier molecular flexibility index (Phi) is 5.16. The van der Waals surface area contributed by atoms with Gasteiger partial charge in [0, 0.05) is 4.88 Å². The second kappa shape index (κ2) is 6.68. The third kappa shape index (κ3) is 3.58. The fourth-order valence-corrected chi connectivity index (χ4v) is 4.05. The van der Waals surface area contributed by atoms with Crippen LogP contribution in [-0.4, -0.2) is 16.9 Å². The molecule has 1 aromatic rings. The van der Waals surface area contributed by atoms with Crippen molar-refractivity contribution in [2.24, 2.45) is 11.7 Å². The Morgan fingerprint density at radius 3 is 2.70 bits per heavy atom. The first-order valence-electron chi connectivity index (χ1n) is 7.21. The molecular formula is C15H22N2OS2. The van der Waals surface area contributed by atoms with Crippen molar-refractivity contribution in [1.82, 2.24) is 5.32 Å². The number of nitrogens with one attached hydrogen (secondary N) is 1. The van der Waals surface area contributed by atoms with E-state index in [1.807, 2.05) is 13.8 Å². The summed E-state index contributed by atoms with van der Waals surface area (Å²) in [4.78, 5) is 14.9. The van der Waals surface area contributed by atoms with Gasteiger partial charge in [-0.15, -0.1) is 11.3 Å². The number of rotatable bonds is 4. The minimum Gasteiger partial charge on any atom is -0.392 e. The Bertz CT molecular complexity index is 484. The van der Waals surface area contributed by atoms with Crippen molar-refractivity contribution in [2.45, 2.75) is 52.0 Å². The van der Waals surface area contributed by atoms with Crippen molar-refractivity contribution < 1.29 is 4.79 Å². The van der Waals surface area contributed by atoms with Gasteiger partial charge in [0.2, 0.25) is 0 Å². The monoisotopic (exact) mass is 310 g/mol. The molecule has 1 unspecified atom stereocenters. The maximum absolute atomic E-state index is 12.4. The van der Waals surface area contributed by atoms with E-state index < -0.39 is 0 Å². The van der Waals surface area contributed by atoms with Crippen molar-refractivity contribution >= 4 is 34.5 Å². The van der Waals surface area contributed by atoms with Gasteiger partial charge in [0.05, 0.1) is 15.9 Å². The number of aryl methyl sites for hydroxylation is 2. The SMILES string of the molecule is CC(C)C(NC(=O)c1cc2c(s1)CCCCC2)C(N)=S. The smallest absolute Gasteiger partial charge is 0.261 e. The zero-order valence-electron chi connectivity index (χ0n) is 12.1. The molecule has 3 N–H and O–H groups in total. The normalized spacial score (nSPS) is 16.4. The molecule has 1 aliphatic rings. The van der Waals surface area contributed by atoms with Crippen LogP contribution in [0, 0.1) is 5.92 Å². The first-order chi connectivity index (χ1) is 9.49. The second-order valence-electron chi connectivity index (χ2n) is 5.72. The van der Waals surface area contributed by atoms with Gasteiger partial charge >= 0.3 is 0 Å². The number of amides is 1. The van der Waals surface area contributed by atoms with Gasteiger partial charge in [0.25, 0.3) is 5.91 Å². The highest BCUT2D eigenvalue weighted by atomic mass is 32.1. The van der Waals surface area contributed by atoms with Crippen LogP contribution >= 0.6 is 23.6 Å². The molecular weight excluding hydrogens is 288 g/mol. The molecule has 1 atom stereocenters. The zero-order chi connectivity index (χ0) is 14.7. The van der Waals surface area contributed by atoms with Gasteiger partial charge in [-0.3, -0.25) is 4.79 Å². The Morgan fingerprint density at radius 1 is 1.35 bits per heavy atom. The van der Waals surface area contributed by atoms with E-state index in [9.17, 15) is 4.79 Å². The highest BCUT2D eigenvalue weighted by Gasteiger charge is 2.22. The summed E-state index contributed by atoms with van der Waals surface area (Å²) in [5, 5.41) is 2.96. The van der Waals surface area contributed by atoms with Crippen molar-refractivity contribution in [3.8, 4) is 0 Å². The van der Waals surface area contributed by atoms with E-state index in [1.165, 1.54) is 29.7 Å². The lowest BCUT2D eigenvalue weighted by molar-refractivity contribution is 0.0944. The Labute approximate surface area is 129 Å². The van der Waals surface area contributed by atoms with E-state index in [0.717, 1.165) is 17.7 Å². The van der Waals surface area contributed by atoms with Crippen LogP contribution in [0.5, 0.6) is 0 Å². The fourth-order valence-electron chi connectivity index (χ4n) is 2.56. The summed E-state index contributed by atoms with van der Waals surface area (Å²) in [7, 11) is 0. The summed E-state index contributed by atoms with van der Waals surface area (Å²) in [6.45, 7) is 4.02. The lowest BCUT2D eigenvalue weighted by atomic mass is 10.0. The summed E-state index contributed by atoms with van der Waals surface area (Å²) in [5.74, 6) is 0.156. The van der Waals surface area contributed by atoms with Crippen molar-refractivity contribution in [2.75, 3.05) is 0 Å². The first kappa shape index (κ1) is 15.4. The largest absolute Gasteiger partial charge is 0.392 e. The average molecular weight is 310 g/mol. The molecule has 0 aromatic carbocycles. The van der Waals surface area contributed by atoms with E-state index in [2.05, 4.69) is 11.4 Å². The number of hydrogen-bond donors (Lipinski definition) is 2. The van der Waals surface area contributed by atoms with Gasteiger partial charge in [0.1, 0.15) is 0 Å². The number of hydrogen-bond acceptors (Lipinski definition) is 3. The summed E-state index contributed by atoms with van der Waals surface area (Å²) in [6.07, 6.45) is 5.96. The molecule has 1 aliphatic carbocycles. The highest BCUT2D eigenvalue weighted by molar-refractivity contribution is 7.80. The minimum absolute atomic E-state index is 0.0467. The molecule has 1 heterocycles. The summed E-state index contributed by atoms with van der Waals surface area (Å²) in [5.41, 5.74) is 7.06. The third-order valence-electron chi connectivity index (χ3n) is 3.73. The van der Waals surface area contributed by atoms with E-state index in [-0.39, 0.29) is 17.9 Å². The Balaban J connectivity index is 2.11. The lowest BCUT2D eigenvalue weighted by Crippen LogP contribution is -2.46. The molecule has 0 saturated carbocycles. The standard InChI is InChI=1S/C15H22N2OS2/c1-9(2)13(14(16)19)17-15(18)12-8-10-6-4-3-5-7-11(10)20-12/h8-9,13H,3-7H2,1-2H3,(H2,16,19)(H,17,18). The van der Waals surface area contributed by atoms with E-state index >= 15 is 0 Å². The Hall–Kier alpha value is -0.940. The topological polar surface area (TPSA) is 55.1 Å². The summed E-state index contributed by atoms with van der Waals surface area (Å²) >= 11 is 6.66. The fraction of sp³-hybridized carbons (Fsp3) is 0.600. The van der Waals surface area contributed by atoms with Crippen LogP contribution in [0.4, 0.5) is 0 Å². The van der Waals surface area contributed by atoms with Gasteiger partial charge < -0.3 is 11.1 Å². The number of nitrogens with two attached hydrogens (primary N) is 1. The molecule has 0 saturated heterocycles. The van der Waals surface area contributed by atoms with E-state index in [1.54, 1.807) is 11.3 Å². The third-order valence-corrected chi connectivity index (χ3v) is 5.22. The number of thiocarbonyl (C=S) groups is 1. The molecule has 0 bridgehead atoms. The van der Waals surface area contributed by atoms with Crippen molar-refractivity contribution in [3.05, 3.63) is 21.4 Å². The van der Waals surface area contributed by atoms with Crippen molar-refractivity contribution in [3.63, 3.8) is 0 Å². The van der Waals surface area contributed by atoms with E-state index in [0.29, 0.717) is 4.99 Å². The van der Waals surface area contributed by atoms with Crippen LogP contribution in [-0.2, 0) is 12.8 Å². The van der Waals surface area contributed by atoms with Gasteiger partial charge in [-0.25, -0.2) is 0 Å². The predicted molar refractivity (Wildman–Crippen MR) is 88.5 cm³/mol. The molecule has 0 aliphatic heterocycles. The molecule has 20 heavy (non-hydrogen) atoms. The van der Waals surface area contributed by atoms with Crippen LogP contribution in [0.1, 0.15) is 53.2 Å². The van der Waals surface area contributed by atoms with Gasteiger partial charge in [-0.05, 0) is 43.2 Å². The molecule has 3 nitrogen and oxygen atoms in total. The Morgan fingerprint density at radius 2 is 2.05 bits per heavy atom. The maximum atomic E-state index is 12.4. The quantitative estimate of drug-likeness (QED) is 0.664. The van der Waals surface area contributed by atoms with Crippen LogP contribution in [0.25, 0.3) is 0 Å². The maximum Gasteiger partial charge on any atom is 0.261 e. The highest BCUT2D eigenvalue weighted by Crippen LogP contribution is 2.29. The number of thiophene rings is 1. The lowest BCUT2D eigenvalue weighted by Gasteiger charge is -2.20. The van der Waals surface area contributed by atoms with Crippen molar-refractivity contribution in [1.29, 1.82) is 0 Å². The summed E-state index contributed by atoms with van der Waals surface area (Å²) < 4.78 is 0. The van der Waals surface area contributed by atoms with Gasteiger partial charge in [0.15, 0.2) is 0 Å². The number of carbonyl (C=O) groups is 1. The molecule has 2 rings (SSSR count). The van der Waals surface area contributed by atoms with Crippen LogP contribution in [0.3, 0.4) is 0 Å². The summed E-state index contributed by atoms with van der Waals surface area (Å²) in [6, 6.07) is 1.82. The van der Waals surface area contributed by atoms with Crippen LogP contribution < -0.4 is 11.1 Å². The van der Waals surface area contributed by atoms with Crippen LogP contribution in [0.2, 0.25) is 0 Å². The van der Waals surface area contributed by atoms with E-state index in [4.69, 9.17) is 18.0 Å². The molecule has 0 radical (unpaired) electrons. The minimum atomic E-state index is -0.237. The molecule has 1 amide bonds. The molecule has 110 valence electrons. The second-order valence-corrected chi connectivity index (χ2v) is 7.33. The zero-order valence-corrected chi connectivity index (χ0v) is 13.7. The van der Waals surface area contributed by atoms with Crippen LogP contribution in [0.15, 0.2) is 6.07 Å². The molecule has 5 heteroatoms. The number of carbonyl (C=O) groups excluding carboxylic acids is 1. The van der Waals surface area contributed by atoms with Gasteiger partial charge in [-0.2, -0.15) is 0 Å².